The number of hydrogen-bond donors (Lipinski definition) is 7. The average Bonchev–Trinajstić information content (AvgIpc) is 2.34. The first kappa shape index (κ1) is 14.7. The SMILES string of the molecule is OC[C@H](O)C(O)[C@@H]1O[C@H](CO)[C@H](O)[C@H](O)[C@H]1O. The van der Waals surface area contributed by atoms with Gasteiger partial charge in [0.05, 0.1) is 13.2 Å². The molecule has 1 aliphatic rings. The molecule has 1 saturated heterocycles. The highest BCUT2D eigenvalue weighted by molar-refractivity contribution is 4.96. The summed E-state index contributed by atoms with van der Waals surface area (Å²) in [6.07, 6.45) is -10.5. The summed E-state index contributed by atoms with van der Waals surface area (Å²) in [5, 5.41) is 64.8. The van der Waals surface area contributed by atoms with E-state index in [1.54, 1.807) is 0 Å². The van der Waals surface area contributed by atoms with Crippen LogP contribution in [-0.4, -0.2) is 91.7 Å². The van der Waals surface area contributed by atoms with Gasteiger partial charge >= 0.3 is 0 Å². The van der Waals surface area contributed by atoms with E-state index in [-0.39, 0.29) is 0 Å². The molecule has 1 aliphatic heterocycles. The highest BCUT2D eigenvalue weighted by Crippen LogP contribution is 2.24. The summed E-state index contributed by atoms with van der Waals surface area (Å²) in [6.45, 7) is -1.38. The Morgan fingerprint density at radius 3 is 2.00 bits per heavy atom. The van der Waals surface area contributed by atoms with Crippen LogP contribution in [0, 0.1) is 0 Å². The second-order valence-electron chi connectivity index (χ2n) is 4.03. The molecule has 1 fully saturated rings. The van der Waals surface area contributed by atoms with Crippen molar-refractivity contribution in [3.63, 3.8) is 0 Å². The molecule has 8 nitrogen and oxygen atoms in total. The van der Waals surface area contributed by atoms with Crippen LogP contribution >= 0.6 is 0 Å². The fraction of sp³-hybridized carbons (Fsp3) is 1.00. The Balaban J connectivity index is 2.78. The van der Waals surface area contributed by atoms with Gasteiger partial charge in [0.1, 0.15) is 42.7 Å². The van der Waals surface area contributed by atoms with E-state index >= 15 is 0 Å². The Bertz CT molecular complexity index is 231. The van der Waals surface area contributed by atoms with Gasteiger partial charge in [-0.15, -0.1) is 0 Å². The smallest absolute Gasteiger partial charge is 0.115 e. The molecule has 7 atom stereocenters. The molecule has 0 spiro atoms. The minimum Gasteiger partial charge on any atom is -0.394 e. The van der Waals surface area contributed by atoms with E-state index in [9.17, 15) is 25.5 Å². The van der Waals surface area contributed by atoms with Crippen molar-refractivity contribution in [3.05, 3.63) is 0 Å². The van der Waals surface area contributed by atoms with Gasteiger partial charge < -0.3 is 40.5 Å². The van der Waals surface area contributed by atoms with Crippen molar-refractivity contribution in [1.29, 1.82) is 0 Å². The van der Waals surface area contributed by atoms with Crippen LogP contribution in [0.2, 0.25) is 0 Å². The lowest BCUT2D eigenvalue weighted by Gasteiger charge is -2.42. The molecule has 0 radical (unpaired) electrons. The molecule has 102 valence electrons. The molecule has 0 aromatic heterocycles. The molecule has 1 rings (SSSR count). The summed E-state index contributed by atoms with van der Waals surface area (Å²) in [7, 11) is 0. The quantitative estimate of drug-likeness (QED) is 0.265. The van der Waals surface area contributed by atoms with Gasteiger partial charge in [-0.05, 0) is 0 Å². The summed E-state index contributed by atoms with van der Waals surface area (Å²) in [6, 6.07) is 0. The van der Waals surface area contributed by atoms with Gasteiger partial charge in [-0.1, -0.05) is 0 Å². The Kier molecular flexibility index (Phi) is 5.22. The van der Waals surface area contributed by atoms with Crippen molar-refractivity contribution in [2.45, 2.75) is 42.7 Å². The molecule has 7 N–H and O–H groups in total. The first-order chi connectivity index (χ1) is 7.93. The van der Waals surface area contributed by atoms with Gasteiger partial charge in [0.15, 0.2) is 0 Å². The second-order valence-corrected chi connectivity index (χ2v) is 4.03. The van der Waals surface area contributed by atoms with Crippen LogP contribution in [0.25, 0.3) is 0 Å². The van der Waals surface area contributed by atoms with Crippen LogP contribution < -0.4 is 0 Å². The van der Waals surface area contributed by atoms with Gasteiger partial charge in [0, 0.05) is 0 Å². The zero-order valence-corrected chi connectivity index (χ0v) is 8.99. The summed E-state index contributed by atoms with van der Waals surface area (Å²) in [5.41, 5.74) is 0. The summed E-state index contributed by atoms with van der Waals surface area (Å²) in [5.74, 6) is 0. The third-order valence-electron chi connectivity index (χ3n) is 2.85. The highest BCUT2D eigenvalue weighted by Gasteiger charge is 2.47. The zero-order chi connectivity index (χ0) is 13.2. The summed E-state index contributed by atoms with van der Waals surface area (Å²) in [4.78, 5) is 0. The third-order valence-corrected chi connectivity index (χ3v) is 2.85. The average molecular weight is 254 g/mol. The molecule has 8 heteroatoms. The number of ether oxygens (including phenoxy) is 1. The zero-order valence-electron chi connectivity index (χ0n) is 8.99. The lowest BCUT2D eigenvalue weighted by molar-refractivity contribution is -0.258. The fourth-order valence-electron chi connectivity index (χ4n) is 1.74. The maximum atomic E-state index is 9.57. The Morgan fingerprint density at radius 1 is 0.941 bits per heavy atom. The van der Waals surface area contributed by atoms with E-state index in [2.05, 4.69) is 0 Å². The van der Waals surface area contributed by atoms with Gasteiger partial charge in [0.25, 0.3) is 0 Å². The monoisotopic (exact) mass is 254 g/mol. The Hall–Kier alpha value is -0.320. The van der Waals surface area contributed by atoms with Crippen LogP contribution in [0.15, 0.2) is 0 Å². The Labute approximate surface area is 97.3 Å². The molecule has 0 amide bonds. The van der Waals surface area contributed by atoms with Crippen molar-refractivity contribution in [1.82, 2.24) is 0 Å². The van der Waals surface area contributed by atoms with Crippen molar-refractivity contribution >= 4 is 0 Å². The van der Waals surface area contributed by atoms with Crippen molar-refractivity contribution in [2.75, 3.05) is 13.2 Å². The van der Waals surface area contributed by atoms with Crippen LogP contribution in [0.4, 0.5) is 0 Å². The van der Waals surface area contributed by atoms with E-state index in [0.717, 1.165) is 0 Å². The first-order valence-corrected chi connectivity index (χ1v) is 5.21. The number of aliphatic hydroxyl groups is 7. The molecule has 0 aromatic rings. The van der Waals surface area contributed by atoms with Crippen LogP contribution in [0.1, 0.15) is 0 Å². The number of aliphatic hydroxyl groups excluding tert-OH is 7. The molecule has 0 saturated carbocycles. The lowest BCUT2D eigenvalue weighted by atomic mass is 9.91. The standard InChI is InChI=1S/C9H18O8/c10-1-3(12)5(13)9-8(16)7(15)6(14)4(2-11)17-9/h3-16H,1-2H2/t3-,4+,5?,6-,7-,8+,9-/m0/s1. The first-order valence-electron chi connectivity index (χ1n) is 5.21. The van der Waals surface area contributed by atoms with E-state index in [0.29, 0.717) is 0 Å². The maximum Gasteiger partial charge on any atom is 0.115 e. The van der Waals surface area contributed by atoms with Gasteiger partial charge in [-0.2, -0.15) is 0 Å². The predicted molar refractivity (Wildman–Crippen MR) is 52.9 cm³/mol. The fourth-order valence-corrected chi connectivity index (χ4v) is 1.74. The number of hydrogen-bond acceptors (Lipinski definition) is 8. The molecular formula is C9H18O8. The topological polar surface area (TPSA) is 151 Å². The lowest BCUT2D eigenvalue weighted by Crippen LogP contribution is -2.63. The van der Waals surface area contributed by atoms with E-state index in [4.69, 9.17) is 14.9 Å². The van der Waals surface area contributed by atoms with Crippen molar-refractivity contribution in [3.8, 4) is 0 Å². The van der Waals surface area contributed by atoms with Gasteiger partial charge in [-0.3, -0.25) is 0 Å². The highest BCUT2D eigenvalue weighted by atomic mass is 16.6. The molecule has 0 bridgehead atoms. The van der Waals surface area contributed by atoms with Crippen molar-refractivity contribution < 1.29 is 40.5 Å². The van der Waals surface area contributed by atoms with Gasteiger partial charge in [-0.25, -0.2) is 0 Å². The molecular weight excluding hydrogens is 236 g/mol. The number of rotatable bonds is 4. The predicted octanol–water partition coefficient (Wildman–Crippen LogP) is -4.46. The normalized spacial score (nSPS) is 42.2. The molecule has 17 heavy (non-hydrogen) atoms. The third kappa shape index (κ3) is 2.92. The molecule has 1 unspecified atom stereocenters. The minimum absolute atomic E-state index is 0.622. The summed E-state index contributed by atoms with van der Waals surface area (Å²) < 4.78 is 4.98. The van der Waals surface area contributed by atoms with Crippen molar-refractivity contribution in [2.24, 2.45) is 0 Å². The van der Waals surface area contributed by atoms with E-state index in [1.807, 2.05) is 0 Å². The molecule has 0 aliphatic carbocycles. The van der Waals surface area contributed by atoms with Gasteiger partial charge in [0.2, 0.25) is 0 Å². The van der Waals surface area contributed by atoms with E-state index < -0.39 is 55.9 Å². The molecule has 0 aromatic carbocycles. The summed E-state index contributed by atoms with van der Waals surface area (Å²) >= 11 is 0. The maximum absolute atomic E-state index is 9.57. The van der Waals surface area contributed by atoms with E-state index in [1.165, 1.54) is 0 Å². The second kappa shape index (κ2) is 6.03. The Morgan fingerprint density at radius 2 is 1.53 bits per heavy atom. The van der Waals surface area contributed by atoms with Crippen LogP contribution in [-0.2, 0) is 4.74 Å². The minimum atomic E-state index is -1.65. The van der Waals surface area contributed by atoms with Crippen LogP contribution in [0.3, 0.4) is 0 Å². The largest absolute Gasteiger partial charge is 0.394 e. The molecule has 1 heterocycles. The van der Waals surface area contributed by atoms with Crippen LogP contribution in [0.5, 0.6) is 0 Å².